The van der Waals surface area contributed by atoms with Crippen LogP contribution < -0.4 is 5.32 Å². The molecule has 1 aliphatic rings. The van der Waals surface area contributed by atoms with Crippen molar-refractivity contribution >= 4 is 11.3 Å². The average Bonchev–Trinajstić information content (AvgIpc) is 2.72. The molecule has 0 saturated carbocycles. The lowest BCUT2D eigenvalue weighted by molar-refractivity contribution is 0.553. The van der Waals surface area contributed by atoms with E-state index >= 15 is 0 Å². The zero-order chi connectivity index (χ0) is 11.5. The second-order valence-electron chi connectivity index (χ2n) is 4.58. The molecule has 1 aromatic heterocycles. The molecule has 1 N–H and O–H groups in total. The zero-order valence-corrected chi connectivity index (χ0v) is 10.9. The first-order valence-electron chi connectivity index (χ1n) is 6.04. The summed E-state index contributed by atoms with van der Waals surface area (Å²) >= 11 is 1.96. The molecule has 2 unspecified atom stereocenters. The Balaban J connectivity index is 2.09. The molecule has 0 radical (unpaired) electrons. The minimum Gasteiger partial charge on any atom is -0.296 e. The van der Waals surface area contributed by atoms with Gasteiger partial charge in [0.15, 0.2) is 0 Å². The van der Waals surface area contributed by atoms with Gasteiger partial charge in [0.05, 0.1) is 6.04 Å². The Kier molecular flexibility index (Phi) is 3.68. The molecule has 0 aromatic carbocycles. The molecule has 0 aliphatic heterocycles. The molecular formula is C14H19NS. The SMILES string of the molecule is C#CC(C)NC(C)c1cc2c(s1)CCCC2. The number of nitrogens with one attached hydrogen (secondary N) is 1. The highest BCUT2D eigenvalue weighted by Gasteiger charge is 2.16. The van der Waals surface area contributed by atoms with Crippen LogP contribution in [-0.4, -0.2) is 6.04 Å². The summed E-state index contributed by atoms with van der Waals surface area (Å²) in [7, 11) is 0. The highest BCUT2D eigenvalue weighted by Crippen LogP contribution is 2.32. The minimum absolute atomic E-state index is 0.147. The van der Waals surface area contributed by atoms with Crippen molar-refractivity contribution in [3.05, 3.63) is 21.4 Å². The molecule has 2 rings (SSSR count). The van der Waals surface area contributed by atoms with Crippen molar-refractivity contribution in [2.24, 2.45) is 0 Å². The lowest BCUT2D eigenvalue weighted by Crippen LogP contribution is -2.26. The van der Waals surface area contributed by atoms with Crippen molar-refractivity contribution in [3.8, 4) is 12.3 Å². The maximum absolute atomic E-state index is 5.39. The van der Waals surface area contributed by atoms with Crippen molar-refractivity contribution in [2.45, 2.75) is 51.6 Å². The van der Waals surface area contributed by atoms with E-state index in [2.05, 4.69) is 24.2 Å². The van der Waals surface area contributed by atoms with Crippen molar-refractivity contribution in [2.75, 3.05) is 0 Å². The molecular weight excluding hydrogens is 214 g/mol. The van der Waals surface area contributed by atoms with Gasteiger partial charge < -0.3 is 0 Å². The maximum Gasteiger partial charge on any atom is 0.0663 e. The smallest absolute Gasteiger partial charge is 0.0663 e. The van der Waals surface area contributed by atoms with Crippen LogP contribution in [0.15, 0.2) is 6.07 Å². The molecule has 0 bridgehead atoms. The van der Waals surface area contributed by atoms with Gasteiger partial charge in [0.2, 0.25) is 0 Å². The van der Waals surface area contributed by atoms with Gasteiger partial charge in [-0.25, -0.2) is 0 Å². The van der Waals surface area contributed by atoms with Gasteiger partial charge >= 0.3 is 0 Å². The molecule has 1 nitrogen and oxygen atoms in total. The number of thiophene rings is 1. The Bertz CT molecular complexity index is 376. The second kappa shape index (κ2) is 5.03. The Morgan fingerprint density at radius 2 is 2.12 bits per heavy atom. The Labute approximate surface area is 102 Å². The minimum atomic E-state index is 0.147. The summed E-state index contributed by atoms with van der Waals surface area (Å²) in [6, 6.07) is 2.90. The first-order chi connectivity index (χ1) is 7.70. The van der Waals surface area contributed by atoms with E-state index in [1.807, 2.05) is 18.3 Å². The number of terminal acetylenes is 1. The van der Waals surface area contributed by atoms with Crippen LogP contribution in [0.25, 0.3) is 0 Å². The largest absolute Gasteiger partial charge is 0.296 e. The fourth-order valence-electron chi connectivity index (χ4n) is 2.23. The number of aryl methyl sites for hydroxylation is 2. The van der Waals surface area contributed by atoms with Crippen molar-refractivity contribution in [1.29, 1.82) is 0 Å². The van der Waals surface area contributed by atoms with E-state index in [1.165, 1.54) is 30.6 Å². The van der Waals surface area contributed by atoms with E-state index in [9.17, 15) is 0 Å². The lowest BCUT2D eigenvalue weighted by Gasteiger charge is -2.14. The van der Waals surface area contributed by atoms with Crippen molar-refractivity contribution < 1.29 is 0 Å². The fourth-order valence-corrected chi connectivity index (χ4v) is 3.50. The standard InChI is InChI=1S/C14H19NS/c1-4-10(2)15-11(3)14-9-12-7-5-6-8-13(12)16-14/h1,9-11,15H,5-8H2,2-3H3. The summed E-state index contributed by atoms with van der Waals surface area (Å²) in [5, 5.41) is 3.43. The van der Waals surface area contributed by atoms with Crippen LogP contribution in [0.3, 0.4) is 0 Å². The summed E-state index contributed by atoms with van der Waals surface area (Å²) in [5.41, 5.74) is 1.58. The summed E-state index contributed by atoms with van der Waals surface area (Å²) in [6.07, 6.45) is 10.6. The molecule has 0 amide bonds. The summed E-state index contributed by atoms with van der Waals surface area (Å²) in [5.74, 6) is 2.72. The van der Waals surface area contributed by atoms with Gasteiger partial charge in [-0.1, -0.05) is 5.92 Å². The maximum atomic E-state index is 5.39. The summed E-state index contributed by atoms with van der Waals surface area (Å²) in [6.45, 7) is 4.23. The monoisotopic (exact) mass is 233 g/mol. The number of fused-ring (bicyclic) bond motifs is 1. The van der Waals surface area contributed by atoms with Gasteiger partial charge in [0.1, 0.15) is 0 Å². The molecule has 1 aromatic rings. The Morgan fingerprint density at radius 3 is 2.81 bits per heavy atom. The van der Waals surface area contributed by atoms with Crippen molar-refractivity contribution in [1.82, 2.24) is 5.32 Å². The third kappa shape index (κ3) is 2.48. The molecule has 2 atom stereocenters. The quantitative estimate of drug-likeness (QED) is 0.790. The molecule has 0 saturated heterocycles. The Morgan fingerprint density at radius 1 is 1.38 bits per heavy atom. The molecule has 86 valence electrons. The second-order valence-corrected chi connectivity index (χ2v) is 5.75. The van der Waals surface area contributed by atoms with E-state index in [0.717, 1.165) is 0 Å². The molecule has 0 spiro atoms. The summed E-state index contributed by atoms with van der Waals surface area (Å²) < 4.78 is 0. The van der Waals surface area contributed by atoms with Crippen LogP contribution in [0.2, 0.25) is 0 Å². The van der Waals surface area contributed by atoms with Gasteiger partial charge in [-0.05, 0) is 51.2 Å². The normalized spacial score (nSPS) is 18.6. The predicted molar refractivity (Wildman–Crippen MR) is 70.8 cm³/mol. The lowest BCUT2D eigenvalue weighted by atomic mass is 9.99. The van der Waals surface area contributed by atoms with Crippen molar-refractivity contribution in [3.63, 3.8) is 0 Å². The van der Waals surface area contributed by atoms with Gasteiger partial charge in [-0.15, -0.1) is 17.8 Å². The molecule has 16 heavy (non-hydrogen) atoms. The third-order valence-corrected chi connectivity index (χ3v) is 4.61. The molecule has 0 fully saturated rings. The van der Waals surface area contributed by atoms with Crippen LogP contribution in [0.1, 0.15) is 48.0 Å². The first-order valence-corrected chi connectivity index (χ1v) is 6.86. The zero-order valence-electron chi connectivity index (χ0n) is 10.0. The summed E-state index contributed by atoms with van der Waals surface area (Å²) in [4.78, 5) is 3.04. The van der Waals surface area contributed by atoms with Crippen LogP contribution in [-0.2, 0) is 12.8 Å². The van der Waals surface area contributed by atoms with Crippen LogP contribution in [0.5, 0.6) is 0 Å². The van der Waals surface area contributed by atoms with Crippen LogP contribution >= 0.6 is 11.3 Å². The highest BCUT2D eigenvalue weighted by molar-refractivity contribution is 7.12. The van der Waals surface area contributed by atoms with E-state index in [4.69, 9.17) is 6.42 Å². The molecule has 1 heterocycles. The van der Waals surface area contributed by atoms with E-state index in [1.54, 1.807) is 10.4 Å². The number of rotatable bonds is 3. The predicted octanol–water partition coefficient (Wildman–Crippen LogP) is 3.30. The fraction of sp³-hybridized carbons (Fsp3) is 0.571. The first kappa shape index (κ1) is 11.7. The number of hydrogen-bond acceptors (Lipinski definition) is 2. The van der Waals surface area contributed by atoms with Gasteiger partial charge in [0.25, 0.3) is 0 Å². The van der Waals surface area contributed by atoms with Gasteiger partial charge in [-0.2, -0.15) is 0 Å². The van der Waals surface area contributed by atoms with Crippen LogP contribution in [0.4, 0.5) is 0 Å². The van der Waals surface area contributed by atoms with Gasteiger partial charge in [-0.3, -0.25) is 5.32 Å². The van der Waals surface area contributed by atoms with Gasteiger partial charge in [0, 0.05) is 15.8 Å². The van der Waals surface area contributed by atoms with E-state index < -0.39 is 0 Å². The molecule has 1 aliphatic carbocycles. The highest BCUT2D eigenvalue weighted by atomic mass is 32.1. The number of hydrogen-bond donors (Lipinski definition) is 1. The van der Waals surface area contributed by atoms with Crippen LogP contribution in [0, 0.1) is 12.3 Å². The topological polar surface area (TPSA) is 12.0 Å². The van der Waals surface area contributed by atoms with E-state index in [-0.39, 0.29) is 6.04 Å². The molecule has 2 heteroatoms. The Hall–Kier alpha value is -0.780. The third-order valence-electron chi connectivity index (χ3n) is 3.19. The van der Waals surface area contributed by atoms with E-state index in [0.29, 0.717) is 6.04 Å². The average molecular weight is 233 g/mol.